The molecule has 2 heterocycles. The Bertz CT molecular complexity index is 1590. The summed E-state index contributed by atoms with van der Waals surface area (Å²) in [5, 5.41) is 0.956. The number of carbonyl (C=O) groups is 2. The van der Waals surface area contributed by atoms with Crippen LogP contribution in [0.15, 0.2) is 35.5 Å². The molecule has 1 aliphatic heterocycles. The van der Waals surface area contributed by atoms with Crippen LogP contribution in [0.5, 0.6) is 5.75 Å². The average Bonchev–Trinajstić information content (AvgIpc) is 3.19. The number of anilines is 1. The summed E-state index contributed by atoms with van der Waals surface area (Å²) in [5.74, 6) is -8.26. The van der Waals surface area contributed by atoms with Crippen LogP contribution in [-0.2, 0) is 24.3 Å². The van der Waals surface area contributed by atoms with E-state index in [0.717, 1.165) is 32.4 Å². The Kier molecular flexibility index (Phi) is 9.95. The van der Waals surface area contributed by atoms with Crippen molar-refractivity contribution in [3.8, 4) is 5.75 Å². The summed E-state index contributed by atoms with van der Waals surface area (Å²) >= 11 is 0. The summed E-state index contributed by atoms with van der Waals surface area (Å²) in [6, 6.07) is 3.05. The molecule has 1 saturated heterocycles. The molecule has 1 aromatic heterocycles. The summed E-state index contributed by atoms with van der Waals surface area (Å²) in [6.07, 6.45) is -13.5. The highest BCUT2D eigenvalue weighted by Crippen LogP contribution is 2.55. The Balaban J connectivity index is 2.05. The van der Waals surface area contributed by atoms with Gasteiger partial charge in [0.1, 0.15) is 18.2 Å². The van der Waals surface area contributed by atoms with Crippen molar-refractivity contribution in [1.82, 2.24) is 9.29 Å². The Hall–Kier alpha value is -3.74. The zero-order valence-electron chi connectivity index (χ0n) is 25.0. The largest absolute Gasteiger partial charge is 0.493 e. The highest BCUT2D eigenvalue weighted by molar-refractivity contribution is 7.89. The Morgan fingerprint density at radius 2 is 1.70 bits per heavy atom. The lowest BCUT2D eigenvalue weighted by Gasteiger charge is -2.32. The molecule has 0 spiro atoms. The molecule has 1 aromatic carbocycles. The number of alkyl halides is 6. The predicted octanol–water partition coefficient (Wildman–Crippen LogP) is 5.93. The first-order valence-corrected chi connectivity index (χ1v) is 14.6. The van der Waals surface area contributed by atoms with Crippen molar-refractivity contribution in [3.63, 3.8) is 0 Å². The Morgan fingerprint density at radius 3 is 2.22 bits per heavy atom. The lowest BCUT2D eigenvalue weighted by molar-refractivity contribution is -0.272. The van der Waals surface area contributed by atoms with E-state index < -0.39 is 102 Å². The van der Waals surface area contributed by atoms with E-state index in [2.05, 4.69) is 10.3 Å². The van der Waals surface area contributed by atoms with Crippen LogP contribution in [-0.4, -0.2) is 73.0 Å². The van der Waals surface area contributed by atoms with Gasteiger partial charge in [-0.2, -0.15) is 43.5 Å². The first-order valence-electron chi connectivity index (χ1n) is 13.2. The average molecular weight is 692 g/mol. The molecule has 1 aliphatic rings. The fraction of sp³-hybridized carbons (Fsp3) is 0.519. The number of benzene rings is 1. The molecule has 0 radical (unpaired) electrons. The second kappa shape index (κ2) is 12.5. The number of pyridine rings is 1. The van der Waals surface area contributed by atoms with Gasteiger partial charge in [-0.1, -0.05) is 13.0 Å². The molecule has 1 N–H and O–H groups in total. The number of methoxy groups -OCH3 is 1. The second-order valence-electron chi connectivity index (χ2n) is 11.4. The van der Waals surface area contributed by atoms with Crippen LogP contribution in [0.2, 0.25) is 0 Å². The van der Waals surface area contributed by atoms with E-state index in [1.54, 1.807) is 0 Å². The third kappa shape index (κ3) is 7.45. The lowest BCUT2D eigenvalue weighted by atomic mass is 9.77. The summed E-state index contributed by atoms with van der Waals surface area (Å²) in [6.45, 7) is 3.23. The Morgan fingerprint density at radius 1 is 1.09 bits per heavy atom. The van der Waals surface area contributed by atoms with Crippen molar-refractivity contribution in [3.05, 3.63) is 47.7 Å². The molecule has 256 valence electrons. The van der Waals surface area contributed by atoms with E-state index in [4.69, 9.17) is 14.2 Å². The summed E-state index contributed by atoms with van der Waals surface area (Å²) in [7, 11) is -4.47. The third-order valence-corrected chi connectivity index (χ3v) is 8.66. The molecule has 46 heavy (non-hydrogen) atoms. The number of hydrogen-bond donors (Lipinski definition) is 1. The number of halogens is 8. The number of hydrogen-bond acceptors (Lipinski definition) is 8. The van der Waals surface area contributed by atoms with Gasteiger partial charge in [0, 0.05) is 35.3 Å². The van der Waals surface area contributed by atoms with Crippen molar-refractivity contribution in [1.29, 1.82) is 0 Å². The molecule has 3 rings (SSSR count). The predicted molar refractivity (Wildman–Crippen MR) is 143 cm³/mol. The van der Waals surface area contributed by atoms with Crippen LogP contribution < -0.4 is 10.1 Å². The minimum atomic E-state index is -5.40. The van der Waals surface area contributed by atoms with Gasteiger partial charge in [0.25, 0.3) is 15.9 Å². The first kappa shape index (κ1) is 36.7. The lowest BCUT2D eigenvalue weighted by Crippen LogP contribution is -2.47. The number of sulfonamides is 1. The van der Waals surface area contributed by atoms with Crippen LogP contribution in [0.4, 0.5) is 45.6 Å². The standard InChI is InChI=1S/C27H29F8N3O7S/c1-13-18(15-7-8-16(28)19(29)20(15)43-6)21(44-25(13,5)27(33,34)35)22(39)37-14-9-10-36-17(11-14)46(41,42)38(12-26(30,31)32)23(40)45-24(2,3)4/h7-11,13,18,21H,12H2,1-6H3,(H,36,37,39)/t13-,18-,21+,25+/m0/s1. The van der Waals surface area contributed by atoms with E-state index in [1.165, 1.54) is 20.8 Å². The van der Waals surface area contributed by atoms with E-state index in [0.29, 0.717) is 19.1 Å². The SMILES string of the molecule is COc1c([C@H]2[C@H](C(=O)Nc3ccnc(S(=O)(=O)N(CC(F)(F)F)C(=O)OC(C)(C)C)c3)O[C@@](C)(C(F)(F)F)[C@H]2C)ccc(F)c1F. The van der Waals surface area contributed by atoms with Crippen molar-refractivity contribution >= 4 is 27.7 Å². The van der Waals surface area contributed by atoms with Crippen molar-refractivity contribution in [2.75, 3.05) is 19.0 Å². The van der Waals surface area contributed by atoms with Gasteiger partial charge >= 0.3 is 18.4 Å². The van der Waals surface area contributed by atoms with Crippen LogP contribution in [0, 0.1) is 17.6 Å². The number of amides is 2. The van der Waals surface area contributed by atoms with Crippen molar-refractivity contribution in [2.45, 2.75) is 75.2 Å². The number of nitrogens with one attached hydrogen (secondary N) is 1. The second-order valence-corrected chi connectivity index (χ2v) is 13.2. The molecule has 10 nitrogen and oxygen atoms in total. The highest BCUT2D eigenvalue weighted by Gasteiger charge is 2.66. The van der Waals surface area contributed by atoms with E-state index in [9.17, 15) is 53.1 Å². The van der Waals surface area contributed by atoms with Crippen LogP contribution in [0.1, 0.15) is 46.1 Å². The van der Waals surface area contributed by atoms with Gasteiger partial charge in [0.2, 0.25) is 5.82 Å². The van der Waals surface area contributed by atoms with Gasteiger partial charge in [0.05, 0.1) is 7.11 Å². The van der Waals surface area contributed by atoms with E-state index in [-0.39, 0.29) is 5.56 Å². The molecule has 0 bridgehead atoms. The van der Waals surface area contributed by atoms with Gasteiger partial charge in [0.15, 0.2) is 22.2 Å². The van der Waals surface area contributed by atoms with E-state index in [1.807, 2.05) is 0 Å². The molecular formula is C27H29F8N3O7S. The summed E-state index contributed by atoms with van der Waals surface area (Å²) in [5.41, 5.74) is -5.26. The molecule has 2 aromatic rings. The van der Waals surface area contributed by atoms with Gasteiger partial charge in [-0.15, -0.1) is 0 Å². The van der Waals surface area contributed by atoms with E-state index >= 15 is 0 Å². The maximum absolute atomic E-state index is 14.6. The minimum absolute atomic E-state index is 0.347. The molecule has 0 unspecified atom stereocenters. The van der Waals surface area contributed by atoms with Gasteiger partial charge in [-0.05, 0) is 39.8 Å². The molecule has 4 atom stereocenters. The minimum Gasteiger partial charge on any atom is -0.493 e. The van der Waals surface area contributed by atoms with Gasteiger partial charge in [-0.25, -0.2) is 14.2 Å². The molecular weight excluding hydrogens is 662 g/mol. The number of ether oxygens (including phenoxy) is 3. The van der Waals surface area contributed by atoms with Crippen LogP contribution in [0.3, 0.4) is 0 Å². The van der Waals surface area contributed by atoms with Crippen LogP contribution in [0.25, 0.3) is 0 Å². The smallest absolute Gasteiger partial charge is 0.424 e. The van der Waals surface area contributed by atoms with Gasteiger partial charge < -0.3 is 19.5 Å². The fourth-order valence-corrected chi connectivity index (χ4v) is 5.96. The monoisotopic (exact) mass is 691 g/mol. The third-order valence-electron chi connectivity index (χ3n) is 7.05. The normalized spacial score (nSPS) is 22.3. The Labute approximate surface area is 258 Å². The van der Waals surface area contributed by atoms with Gasteiger partial charge in [-0.3, -0.25) is 4.79 Å². The molecule has 2 amide bonds. The highest BCUT2D eigenvalue weighted by atomic mass is 32.2. The van der Waals surface area contributed by atoms with Crippen LogP contribution >= 0.6 is 0 Å². The molecule has 0 saturated carbocycles. The number of nitrogens with zero attached hydrogens (tertiary/aromatic N) is 2. The van der Waals surface area contributed by atoms with Crippen molar-refractivity contribution < 1.29 is 67.3 Å². The molecule has 0 aliphatic carbocycles. The summed E-state index contributed by atoms with van der Waals surface area (Å²) in [4.78, 5) is 29.4. The maximum Gasteiger partial charge on any atom is 0.424 e. The zero-order chi connectivity index (χ0) is 35.2. The number of aromatic nitrogens is 1. The molecule has 1 fully saturated rings. The number of carbonyl (C=O) groups excluding carboxylic acids is 2. The zero-order valence-corrected chi connectivity index (χ0v) is 25.8. The topological polar surface area (TPSA) is 124 Å². The fourth-order valence-electron chi connectivity index (χ4n) is 4.72. The van der Waals surface area contributed by atoms with Crippen molar-refractivity contribution in [2.24, 2.45) is 5.92 Å². The first-order chi connectivity index (χ1) is 20.8. The molecule has 19 heteroatoms. The summed E-state index contributed by atoms with van der Waals surface area (Å²) < 4.78 is 152. The number of rotatable bonds is 7. The maximum atomic E-state index is 14.6. The quantitative estimate of drug-likeness (QED) is 0.355.